The minimum Gasteiger partial charge on any atom is -0.349 e. The number of carbonyl (C=O) groups excluding carboxylic acids is 1. The van der Waals surface area contributed by atoms with Crippen molar-refractivity contribution in [3.05, 3.63) is 90.4 Å². The van der Waals surface area contributed by atoms with E-state index in [4.69, 9.17) is 0 Å². The normalized spacial score (nSPS) is 10.7. The Hall–Kier alpha value is -3.87. The Morgan fingerprint density at radius 2 is 1.83 bits per heavy atom. The summed E-state index contributed by atoms with van der Waals surface area (Å²) in [6.45, 7) is 0.209. The highest BCUT2D eigenvalue weighted by atomic mass is 19.1. The number of nitrogens with zero attached hydrogens (tertiary/aromatic N) is 3. The number of rotatable bonds is 6. The molecule has 0 aliphatic carbocycles. The molecule has 0 spiro atoms. The fourth-order valence-electron chi connectivity index (χ4n) is 2.96. The van der Waals surface area contributed by atoms with Crippen molar-refractivity contribution < 1.29 is 9.18 Å². The topological polar surface area (TPSA) is 83.6 Å². The number of aromatic amines is 1. The van der Waals surface area contributed by atoms with Crippen LogP contribution in [0.25, 0.3) is 22.6 Å². The second kappa shape index (κ2) is 8.43. The third-order valence-electron chi connectivity index (χ3n) is 4.29. The molecule has 29 heavy (non-hydrogen) atoms. The van der Waals surface area contributed by atoms with E-state index < -0.39 is 0 Å². The molecule has 6 nitrogen and oxygen atoms in total. The number of H-pyrrole nitrogens is 1. The highest BCUT2D eigenvalue weighted by Gasteiger charge is 2.16. The van der Waals surface area contributed by atoms with Crippen LogP contribution in [0.5, 0.6) is 0 Å². The zero-order valence-electron chi connectivity index (χ0n) is 15.5. The number of benzene rings is 1. The molecule has 0 aliphatic rings. The molecule has 4 aromatic rings. The van der Waals surface area contributed by atoms with Crippen molar-refractivity contribution >= 4 is 5.91 Å². The number of imidazole rings is 1. The predicted octanol–water partition coefficient (Wildman–Crippen LogP) is 3.53. The van der Waals surface area contributed by atoms with Gasteiger partial charge in [0.15, 0.2) is 0 Å². The second-order valence-electron chi connectivity index (χ2n) is 6.41. The van der Waals surface area contributed by atoms with Gasteiger partial charge in [0.2, 0.25) is 5.91 Å². The van der Waals surface area contributed by atoms with Crippen molar-refractivity contribution in [3.63, 3.8) is 0 Å². The molecule has 2 N–H and O–H groups in total. The smallest absolute Gasteiger partial charge is 0.226 e. The monoisotopic (exact) mass is 387 g/mol. The summed E-state index contributed by atoms with van der Waals surface area (Å²) in [6.07, 6.45) is 3.52. The summed E-state index contributed by atoms with van der Waals surface area (Å²) < 4.78 is 13.7. The van der Waals surface area contributed by atoms with Crippen LogP contribution in [0.4, 0.5) is 4.39 Å². The van der Waals surface area contributed by atoms with Crippen LogP contribution < -0.4 is 5.32 Å². The first-order chi connectivity index (χ1) is 14.2. The number of aromatic nitrogens is 4. The van der Waals surface area contributed by atoms with Crippen molar-refractivity contribution in [2.24, 2.45) is 0 Å². The van der Waals surface area contributed by atoms with E-state index >= 15 is 0 Å². The van der Waals surface area contributed by atoms with Gasteiger partial charge in [-0.05, 0) is 36.4 Å². The van der Waals surface area contributed by atoms with Crippen LogP contribution in [0.15, 0.2) is 73.1 Å². The number of amides is 1. The maximum Gasteiger partial charge on any atom is 0.226 e. The maximum atomic E-state index is 13.7. The summed E-state index contributed by atoms with van der Waals surface area (Å²) in [7, 11) is 0. The van der Waals surface area contributed by atoms with Gasteiger partial charge >= 0.3 is 0 Å². The van der Waals surface area contributed by atoms with Gasteiger partial charge in [0.1, 0.15) is 11.6 Å². The van der Waals surface area contributed by atoms with Crippen molar-refractivity contribution in [2.75, 3.05) is 0 Å². The Labute approximate surface area is 166 Å². The standard InChI is InChI=1S/C22H18FN5O/c23-16-7-5-6-15(12-16)21-22(18-9-2-4-11-25-18)28-19(27-21)14-26-20(29)13-17-8-1-3-10-24-17/h1-12H,13-14H2,(H,26,29)(H,27,28). The van der Waals surface area contributed by atoms with Crippen molar-refractivity contribution in [1.82, 2.24) is 25.3 Å². The molecule has 0 radical (unpaired) electrons. The molecule has 0 bridgehead atoms. The minimum absolute atomic E-state index is 0.160. The number of hydrogen-bond acceptors (Lipinski definition) is 4. The zero-order chi connectivity index (χ0) is 20.1. The van der Waals surface area contributed by atoms with Gasteiger partial charge in [0.05, 0.1) is 30.0 Å². The first-order valence-electron chi connectivity index (χ1n) is 9.12. The molecule has 7 heteroatoms. The summed E-state index contributed by atoms with van der Waals surface area (Å²) in [5, 5.41) is 2.84. The highest BCUT2D eigenvalue weighted by molar-refractivity contribution is 5.79. The molecular formula is C22H18FN5O. The average molecular weight is 387 g/mol. The summed E-state index contributed by atoms with van der Waals surface area (Å²) >= 11 is 0. The number of hydrogen-bond donors (Lipinski definition) is 2. The molecular weight excluding hydrogens is 369 g/mol. The molecule has 0 atom stereocenters. The fraction of sp³-hybridized carbons (Fsp3) is 0.0909. The van der Waals surface area contributed by atoms with Gasteiger partial charge in [0, 0.05) is 23.7 Å². The van der Waals surface area contributed by atoms with Crippen LogP contribution in [0.1, 0.15) is 11.5 Å². The molecule has 4 rings (SSSR count). The van der Waals surface area contributed by atoms with Gasteiger partial charge in [-0.1, -0.05) is 24.3 Å². The van der Waals surface area contributed by atoms with E-state index in [1.54, 1.807) is 36.7 Å². The Morgan fingerprint density at radius 3 is 2.55 bits per heavy atom. The molecule has 3 aromatic heterocycles. The fourth-order valence-corrected chi connectivity index (χ4v) is 2.96. The Morgan fingerprint density at radius 1 is 1.00 bits per heavy atom. The second-order valence-corrected chi connectivity index (χ2v) is 6.41. The van der Waals surface area contributed by atoms with E-state index in [9.17, 15) is 9.18 Å². The van der Waals surface area contributed by atoms with Crippen LogP contribution in [-0.2, 0) is 17.8 Å². The van der Waals surface area contributed by atoms with E-state index in [0.29, 0.717) is 34.2 Å². The summed E-state index contributed by atoms with van der Waals surface area (Å²) in [5.74, 6) is 0.0498. The molecule has 1 amide bonds. The van der Waals surface area contributed by atoms with Gasteiger partial charge in [-0.15, -0.1) is 0 Å². The van der Waals surface area contributed by atoms with E-state index in [-0.39, 0.29) is 24.7 Å². The SMILES string of the molecule is O=C(Cc1ccccn1)NCc1nc(-c2cccc(F)c2)c(-c2ccccn2)[nH]1. The number of pyridine rings is 2. The Kier molecular flexibility index (Phi) is 5.38. The molecule has 0 fully saturated rings. The number of nitrogens with one attached hydrogen (secondary N) is 2. The number of halogens is 1. The van der Waals surface area contributed by atoms with E-state index in [0.717, 1.165) is 0 Å². The lowest BCUT2D eigenvalue weighted by molar-refractivity contribution is -0.120. The minimum atomic E-state index is -0.345. The molecule has 0 saturated carbocycles. The van der Waals surface area contributed by atoms with Gasteiger partial charge in [-0.3, -0.25) is 14.8 Å². The lowest BCUT2D eigenvalue weighted by Gasteiger charge is -2.02. The summed E-state index contributed by atoms with van der Waals surface area (Å²) in [6, 6.07) is 17.2. The first-order valence-corrected chi connectivity index (χ1v) is 9.12. The molecule has 0 unspecified atom stereocenters. The summed E-state index contributed by atoms with van der Waals surface area (Å²) in [5.41, 5.74) is 3.26. The van der Waals surface area contributed by atoms with Crippen molar-refractivity contribution in [3.8, 4) is 22.6 Å². The Balaban J connectivity index is 1.57. The summed E-state index contributed by atoms with van der Waals surface area (Å²) in [4.78, 5) is 28.5. The van der Waals surface area contributed by atoms with Crippen LogP contribution in [0.2, 0.25) is 0 Å². The number of carbonyl (C=O) groups is 1. The van der Waals surface area contributed by atoms with Crippen LogP contribution in [-0.4, -0.2) is 25.8 Å². The van der Waals surface area contributed by atoms with Crippen LogP contribution in [0.3, 0.4) is 0 Å². The molecule has 144 valence electrons. The average Bonchev–Trinajstić information content (AvgIpc) is 3.18. The predicted molar refractivity (Wildman–Crippen MR) is 107 cm³/mol. The highest BCUT2D eigenvalue weighted by Crippen LogP contribution is 2.29. The van der Waals surface area contributed by atoms with Gasteiger partial charge in [0.25, 0.3) is 0 Å². The van der Waals surface area contributed by atoms with Crippen molar-refractivity contribution in [2.45, 2.75) is 13.0 Å². The van der Waals surface area contributed by atoms with Gasteiger partial charge < -0.3 is 10.3 Å². The van der Waals surface area contributed by atoms with Gasteiger partial charge in [-0.25, -0.2) is 9.37 Å². The molecule has 1 aromatic carbocycles. The van der Waals surface area contributed by atoms with E-state index in [1.807, 2.05) is 24.3 Å². The van der Waals surface area contributed by atoms with E-state index in [2.05, 4.69) is 25.3 Å². The quantitative estimate of drug-likeness (QED) is 0.530. The zero-order valence-corrected chi connectivity index (χ0v) is 15.5. The van der Waals surface area contributed by atoms with Crippen LogP contribution in [0, 0.1) is 5.82 Å². The third-order valence-corrected chi connectivity index (χ3v) is 4.29. The molecule has 0 saturated heterocycles. The first kappa shape index (κ1) is 18.5. The Bertz CT molecular complexity index is 1110. The lowest BCUT2D eigenvalue weighted by Crippen LogP contribution is -2.25. The third kappa shape index (κ3) is 4.52. The van der Waals surface area contributed by atoms with Crippen molar-refractivity contribution in [1.29, 1.82) is 0 Å². The lowest BCUT2D eigenvalue weighted by atomic mass is 10.1. The largest absolute Gasteiger partial charge is 0.349 e. The van der Waals surface area contributed by atoms with E-state index in [1.165, 1.54) is 12.1 Å². The van der Waals surface area contributed by atoms with Crippen LogP contribution >= 0.6 is 0 Å². The molecule has 3 heterocycles. The molecule has 0 aliphatic heterocycles. The maximum absolute atomic E-state index is 13.7. The van der Waals surface area contributed by atoms with Gasteiger partial charge in [-0.2, -0.15) is 0 Å².